The molecule has 100 valence electrons. The number of aliphatic carboxylic acids is 1. The van der Waals surface area contributed by atoms with Crippen molar-refractivity contribution < 1.29 is 9.90 Å². The van der Waals surface area contributed by atoms with E-state index in [9.17, 15) is 4.79 Å². The Hall–Kier alpha value is -2.33. The number of carbonyl (C=O) groups is 1. The number of hydrogen-bond acceptors (Lipinski definition) is 2. The summed E-state index contributed by atoms with van der Waals surface area (Å²) in [7, 11) is 0. The zero-order chi connectivity index (χ0) is 14.1. The van der Waals surface area contributed by atoms with Crippen molar-refractivity contribution >= 4 is 23.2 Å². The summed E-state index contributed by atoms with van der Waals surface area (Å²) in [5, 5.41) is 9.58. The Morgan fingerprint density at radius 2 is 1.90 bits per heavy atom. The minimum atomic E-state index is -0.913. The summed E-state index contributed by atoms with van der Waals surface area (Å²) in [6.07, 6.45) is -0.130. The molecule has 0 unspecified atom stereocenters. The third kappa shape index (κ3) is 2.14. The van der Waals surface area contributed by atoms with Gasteiger partial charge in [-0.05, 0) is 12.1 Å². The minimum absolute atomic E-state index is 0.130. The van der Waals surface area contributed by atoms with Crippen molar-refractivity contribution in [1.29, 1.82) is 0 Å². The van der Waals surface area contributed by atoms with Crippen LogP contribution >= 0.6 is 11.6 Å². The van der Waals surface area contributed by atoms with Crippen molar-refractivity contribution in [2.24, 2.45) is 0 Å². The first kappa shape index (κ1) is 12.7. The zero-order valence-corrected chi connectivity index (χ0v) is 11.2. The average molecular weight is 287 g/mol. The van der Waals surface area contributed by atoms with Gasteiger partial charge in [-0.3, -0.25) is 9.20 Å². The summed E-state index contributed by atoms with van der Waals surface area (Å²) in [5.74, 6) is -0.913. The molecule has 2 heterocycles. The molecule has 0 aliphatic carbocycles. The normalized spacial score (nSPS) is 10.8. The van der Waals surface area contributed by atoms with Crippen molar-refractivity contribution in [2.45, 2.75) is 6.42 Å². The molecular formula is C15H11ClN2O2. The molecule has 20 heavy (non-hydrogen) atoms. The highest BCUT2D eigenvalue weighted by molar-refractivity contribution is 6.29. The van der Waals surface area contributed by atoms with E-state index >= 15 is 0 Å². The van der Waals surface area contributed by atoms with Crippen LogP contribution < -0.4 is 0 Å². The van der Waals surface area contributed by atoms with Gasteiger partial charge in [-0.25, -0.2) is 4.98 Å². The third-order valence-corrected chi connectivity index (χ3v) is 3.35. The number of aromatic nitrogens is 2. The van der Waals surface area contributed by atoms with Crippen molar-refractivity contribution in [3.63, 3.8) is 0 Å². The second-order valence-corrected chi connectivity index (χ2v) is 4.77. The lowest BCUT2D eigenvalue weighted by Crippen LogP contribution is -2.05. The SMILES string of the molecule is O=C(O)Cc1c(-c2ccccc2)nc2cccc(Cl)n12. The smallest absolute Gasteiger partial charge is 0.309 e. The molecule has 0 spiro atoms. The van der Waals surface area contributed by atoms with Crippen LogP contribution in [0, 0.1) is 0 Å². The molecule has 2 aromatic heterocycles. The van der Waals surface area contributed by atoms with Crippen LogP contribution in [0.4, 0.5) is 0 Å². The molecule has 3 aromatic rings. The quantitative estimate of drug-likeness (QED) is 0.752. The fraction of sp³-hybridized carbons (Fsp3) is 0.0667. The molecule has 1 aromatic carbocycles. The van der Waals surface area contributed by atoms with Gasteiger partial charge in [-0.2, -0.15) is 0 Å². The molecule has 0 amide bonds. The Labute approximate surface area is 120 Å². The molecule has 0 saturated heterocycles. The monoisotopic (exact) mass is 286 g/mol. The standard InChI is InChI=1S/C15H11ClN2O2/c16-12-7-4-8-13-17-15(10-5-2-1-3-6-10)11(18(12)13)9-14(19)20/h1-8H,9H2,(H,19,20). The maximum Gasteiger partial charge on any atom is 0.309 e. The number of halogens is 1. The van der Waals surface area contributed by atoms with Crippen LogP contribution in [0.15, 0.2) is 48.5 Å². The molecule has 0 aliphatic heterocycles. The molecule has 4 nitrogen and oxygen atoms in total. The second kappa shape index (κ2) is 4.98. The summed E-state index contributed by atoms with van der Waals surface area (Å²) < 4.78 is 1.68. The molecule has 0 aliphatic rings. The van der Waals surface area contributed by atoms with E-state index in [4.69, 9.17) is 16.7 Å². The highest BCUT2D eigenvalue weighted by atomic mass is 35.5. The van der Waals surface area contributed by atoms with Gasteiger partial charge in [-0.15, -0.1) is 0 Å². The van der Waals surface area contributed by atoms with E-state index in [1.54, 1.807) is 16.5 Å². The number of carboxylic acid groups (broad SMARTS) is 1. The Morgan fingerprint density at radius 3 is 2.60 bits per heavy atom. The number of carboxylic acids is 1. The van der Waals surface area contributed by atoms with Gasteiger partial charge in [0.25, 0.3) is 0 Å². The zero-order valence-electron chi connectivity index (χ0n) is 10.5. The lowest BCUT2D eigenvalue weighted by atomic mass is 10.1. The number of fused-ring (bicyclic) bond motifs is 1. The highest BCUT2D eigenvalue weighted by Gasteiger charge is 2.17. The Balaban J connectivity index is 2.31. The fourth-order valence-electron chi connectivity index (χ4n) is 2.24. The van der Waals surface area contributed by atoms with Gasteiger partial charge >= 0.3 is 5.97 Å². The first-order valence-electron chi connectivity index (χ1n) is 6.10. The fourth-order valence-corrected chi connectivity index (χ4v) is 2.51. The Kier molecular flexibility index (Phi) is 3.16. The minimum Gasteiger partial charge on any atom is -0.481 e. The molecule has 0 radical (unpaired) electrons. The van der Waals surface area contributed by atoms with Crippen LogP contribution in [0.1, 0.15) is 5.69 Å². The Morgan fingerprint density at radius 1 is 1.15 bits per heavy atom. The van der Waals surface area contributed by atoms with E-state index < -0.39 is 5.97 Å². The van der Waals surface area contributed by atoms with Crippen LogP contribution in [0.25, 0.3) is 16.9 Å². The Bertz CT molecular complexity index is 781. The summed E-state index contributed by atoms with van der Waals surface area (Å²) in [4.78, 5) is 15.6. The van der Waals surface area contributed by atoms with Crippen molar-refractivity contribution in [1.82, 2.24) is 9.38 Å². The van der Waals surface area contributed by atoms with Gasteiger partial charge in [0.1, 0.15) is 10.8 Å². The number of rotatable bonds is 3. The largest absolute Gasteiger partial charge is 0.481 e. The number of pyridine rings is 1. The summed E-state index contributed by atoms with van der Waals surface area (Å²) in [6, 6.07) is 14.8. The van der Waals surface area contributed by atoms with E-state index in [1.165, 1.54) is 0 Å². The predicted octanol–water partition coefficient (Wildman–Crippen LogP) is 3.28. The first-order valence-corrected chi connectivity index (χ1v) is 6.47. The molecule has 3 rings (SSSR count). The van der Waals surface area contributed by atoms with Gasteiger partial charge in [0.2, 0.25) is 0 Å². The summed E-state index contributed by atoms with van der Waals surface area (Å²) in [5.41, 5.74) is 2.77. The lowest BCUT2D eigenvalue weighted by molar-refractivity contribution is -0.136. The number of imidazole rings is 1. The van der Waals surface area contributed by atoms with Crippen molar-refractivity contribution in [3.8, 4) is 11.3 Å². The predicted molar refractivity (Wildman–Crippen MR) is 77.0 cm³/mol. The molecule has 5 heteroatoms. The topological polar surface area (TPSA) is 54.6 Å². The van der Waals surface area contributed by atoms with E-state index in [2.05, 4.69) is 4.98 Å². The van der Waals surface area contributed by atoms with Gasteiger partial charge in [-0.1, -0.05) is 48.0 Å². The maximum atomic E-state index is 11.1. The van der Waals surface area contributed by atoms with Crippen LogP contribution in [-0.4, -0.2) is 20.5 Å². The van der Waals surface area contributed by atoms with Gasteiger partial charge in [0.15, 0.2) is 0 Å². The third-order valence-electron chi connectivity index (χ3n) is 3.06. The van der Waals surface area contributed by atoms with E-state index in [-0.39, 0.29) is 6.42 Å². The molecule has 0 atom stereocenters. The maximum absolute atomic E-state index is 11.1. The molecule has 0 bridgehead atoms. The number of nitrogens with zero attached hydrogens (tertiary/aromatic N) is 2. The number of benzene rings is 1. The molecule has 0 fully saturated rings. The van der Waals surface area contributed by atoms with E-state index in [1.807, 2.05) is 36.4 Å². The van der Waals surface area contributed by atoms with E-state index in [0.29, 0.717) is 22.2 Å². The van der Waals surface area contributed by atoms with Crippen LogP contribution in [0.5, 0.6) is 0 Å². The van der Waals surface area contributed by atoms with Crippen molar-refractivity contribution in [2.75, 3.05) is 0 Å². The van der Waals surface area contributed by atoms with Gasteiger partial charge in [0, 0.05) is 5.56 Å². The number of hydrogen-bond donors (Lipinski definition) is 1. The van der Waals surface area contributed by atoms with E-state index in [0.717, 1.165) is 5.56 Å². The van der Waals surface area contributed by atoms with Crippen LogP contribution in [0.2, 0.25) is 5.15 Å². The first-order chi connectivity index (χ1) is 9.66. The van der Waals surface area contributed by atoms with Gasteiger partial charge < -0.3 is 5.11 Å². The van der Waals surface area contributed by atoms with Crippen LogP contribution in [-0.2, 0) is 11.2 Å². The van der Waals surface area contributed by atoms with Gasteiger partial charge in [0.05, 0.1) is 17.8 Å². The van der Waals surface area contributed by atoms with Crippen LogP contribution in [0.3, 0.4) is 0 Å². The van der Waals surface area contributed by atoms with Crippen molar-refractivity contribution in [3.05, 3.63) is 59.4 Å². The summed E-state index contributed by atoms with van der Waals surface area (Å²) in [6.45, 7) is 0. The highest BCUT2D eigenvalue weighted by Crippen LogP contribution is 2.27. The molecular weight excluding hydrogens is 276 g/mol. The average Bonchev–Trinajstić information content (AvgIpc) is 2.79. The molecule has 1 N–H and O–H groups in total. The summed E-state index contributed by atoms with van der Waals surface area (Å²) >= 11 is 6.18. The molecule has 0 saturated carbocycles. The second-order valence-electron chi connectivity index (χ2n) is 4.39. The lowest BCUT2D eigenvalue weighted by Gasteiger charge is -2.04.